The molecule has 2 aromatic carbocycles. The lowest BCUT2D eigenvalue weighted by molar-refractivity contribution is -0.163. The Hall–Kier alpha value is -3.98. The maximum absolute atomic E-state index is 13.4. The average molecular weight is 481 g/mol. The van der Waals surface area contributed by atoms with Crippen LogP contribution in [0.15, 0.2) is 59.2 Å². The number of amides is 1. The van der Waals surface area contributed by atoms with Crippen LogP contribution >= 0.6 is 0 Å². The van der Waals surface area contributed by atoms with Crippen molar-refractivity contribution in [3.8, 4) is 11.7 Å². The Bertz CT molecular complexity index is 1190. The summed E-state index contributed by atoms with van der Waals surface area (Å²) in [6.07, 6.45) is 1.38. The third kappa shape index (κ3) is 5.58. The molecule has 0 saturated carbocycles. The Kier molecular flexibility index (Phi) is 6.97. The number of hydrogen-bond donors (Lipinski definition) is 2. The highest BCUT2D eigenvalue weighted by atomic mass is 17.2. The number of rotatable bonds is 6. The molecule has 1 aromatic heterocycles. The molecule has 0 spiro atoms. The molecule has 1 saturated heterocycles. The number of nitrogens with one attached hydrogen (secondary N) is 1. The molecule has 9 heteroatoms. The predicted molar refractivity (Wildman–Crippen MR) is 129 cm³/mol. The van der Waals surface area contributed by atoms with Crippen molar-refractivity contribution in [1.82, 2.24) is 0 Å². The molecule has 4 rings (SSSR count). The van der Waals surface area contributed by atoms with E-state index in [9.17, 15) is 14.7 Å². The van der Waals surface area contributed by atoms with E-state index in [2.05, 4.69) is 10.2 Å². The van der Waals surface area contributed by atoms with Crippen LogP contribution in [0.2, 0.25) is 0 Å². The van der Waals surface area contributed by atoms with Crippen molar-refractivity contribution < 1.29 is 33.6 Å². The van der Waals surface area contributed by atoms with Gasteiger partial charge in [-0.15, -0.1) is 0 Å². The Morgan fingerprint density at radius 2 is 1.80 bits per heavy atom. The molecule has 2 N–H and O–H groups in total. The van der Waals surface area contributed by atoms with E-state index in [1.165, 1.54) is 24.5 Å². The third-order valence-corrected chi connectivity index (χ3v) is 5.63. The minimum Gasteiger partial charge on any atom is -0.507 e. The summed E-state index contributed by atoms with van der Waals surface area (Å²) < 4.78 is 10.4. The molecule has 3 aromatic rings. The van der Waals surface area contributed by atoms with Gasteiger partial charge in [-0.1, -0.05) is 32.9 Å². The highest BCUT2D eigenvalue weighted by Gasteiger charge is 2.27. The normalized spacial score (nSPS) is 13.9. The lowest BCUT2D eigenvalue weighted by Crippen LogP contribution is -2.36. The summed E-state index contributed by atoms with van der Waals surface area (Å²) in [6.45, 7) is 8.43. The number of phenols is 1. The molecule has 0 unspecified atom stereocenters. The minimum atomic E-state index is -0.811. The Morgan fingerprint density at radius 1 is 1.03 bits per heavy atom. The highest BCUT2D eigenvalue weighted by Crippen LogP contribution is 2.34. The lowest BCUT2D eigenvalue weighted by atomic mass is 9.84. The molecule has 35 heavy (non-hydrogen) atoms. The molecule has 1 aliphatic heterocycles. The van der Waals surface area contributed by atoms with Gasteiger partial charge in [-0.2, -0.15) is 0 Å². The van der Waals surface area contributed by atoms with Crippen molar-refractivity contribution in [2.75, 3.05) is 36.5 Å². The summed E-state index contributed by atoms with van der Waals surface area (Å²) in [7, 11) is 0. The number of carbonyl (C=O) groups is 2. The monoisotopic (exact) mass is 480 g/mol. The van der Waals surface area contributed by atoms with E-state index in [-0.39, 0.29) is 28.5 Å². The summed E-state index contributed by atoms with van der Waals surface area (Å²) in [5.41, 5.74) is 1.55. The van der Waals surface area contributed by atoms with Gasteiger partial charge in [-0.05, 0) is 41.3 Å². The topological polar surface area (TPSA) is 110 Å². The molecule has 1 aliphatic rings. The number of para-hydroxylation sites is 1. The van der Waals surface area contributed by atoms with Crippen LogP contribution in [0.25, 0.3) is 0 Å². The van der Waals surface area contributed by atoms with Crippen LogP contribution in [0.1, 0.15) is 47.1 Å². The Balaban J connectivity index is 1.64. The van der Waals surface area contributed by atoms with Gasteiger partial charge in [-0.3, -0.25) is 4.79 Å². The molecule has 2 heterocycles. The standard InChI is InChI=1S/C26H28N2O7/c1-26(2,3)20-7-4-6-18(25(31)35-34-22-8-5-13-33-22)23(20)27-24(30)19-16-17(9-10-21(19)29)28-11-14-32-15-12-28/h4-10,13,16,29H,11-12,14-15H2,1-3H3,(H,27,30). The Labute approximate surface area is 203 Å². The fourth-order valence-electron chi connectivity index (χ4n) is 3.82. The minimum absolute atomic E-state index is 0.0146. The number of phenolic OH excluding ortho intramolecular Hbond substituents is 1. The van der Waals surface area contributed by atoms with Crippen LogP contribution in [0.3, 0.4) is 0 Å². The van der Waals surface area contributed by atoms with Gasteiger partial charge < -0.3 is 24.5 Å². The van der Waals surface area contributed by atoms with Crippen molar-refractivity contribution in [2.24, 2.45) is 0 Å². The average Bonchev–Trinajstić information content (AvgIpc) is 3.36. The molecule has 0 bridgehead atoms. The van der Waals surface area contributed by atoms with Crippen LogP contribution in [0.5, 0.6) is 11.7 Å². The zero-order chi connectivity index (χ0) is 25.0. The van der Waals surface area contributed by atoms with Crippen LogP contribution in [-0.2, 0) is 15.0 Å². The Morgan fingerprint density at radius 3 is 2.49 bits per heavy atom. The molecule has 0 atom stereocenters. The van der Waals surface area contributed by atoms with Gasteiger partial charge >= 0.3 is 11.9 Å². The van der Waals surface area contributed by atoms with E-state index < -0.39 is 17.3 Å². The first-order chi connectivity index (χ1) is 16.7. The van der Waals surface area contributed by atoms with E-state index >= 15 is 0 Å². The second-order valence-corrected chi connectivity index (χ2v) is 9.12. The molecule has 9 nitrogen and oxygen atoms in total. The first kappa shape index (κ1) is 24.2. The number of morpholine rings is 1. The summed E-state index contributed by atoms with van der Waals surface area (Å²) in [4.78, 5) is 38.2. The molecule has 1 amide bonds. The van der Waals surface area contributed by atoms with E-state index in [0.29, 0.717) is 31.9 Å². The molecule has 1 fully saturated rings. The van der Waals surface area contributed by atoms with Crippen LogP contribution in [-0.4, -0.2) is 43.3 Å². The summed E-state index contributed by atoms with van der Waals surface area (Å²) in [5.74, 6) is -1.52. The van der Waals surface area contributed by atoms with Crippen LogP contribution in [0.4, 0.5) is 11.4 Å². The van der Waals surface area contributed by atoms with Gasteiger partial charge in [0.15, 0.2) is 0 Å². The summed E-state index contributed by atoms with van der Waals surface area (Å²) >= 11 is 0. The van der Waals surface area contributed by atoms with Crippen molar-refractivity contribution in [2.45, 2.75) is 26.2 Å². The number of aromatic hydroxyl groups is 1. The lowest BCUT2D eigenvalue weighted by Gasteiger charge is -2.29. The molecule has 0 aliphatic carbocycles. The SMILES string of the molecule is CC(C)(C)c1cccc(C(=O)OOc2ccco2)c1NC(=O)c1cc(N2CCOCC2)ccc1O. The smallest absolute Gasteiger partial charge is 0.388 e. The van der Waals surface area contributed by atoms with Crippen molar-refractivity contribution >= 4 is 23.3 Å². The number of nitrogens with zero attached hydrogens (tertiary/aromatic N) is 1. The van der Waals surface area contributed by atoms with Gasteiger partial charge in [0.25, 0.3) is 5.91 Å². The van der Waals surface area contributed by atoms with E-state index in [1.807, 2.05) is 26.8 Å². The van der Waals surface area contributed by atoms with Crippen LogP contribution in [0, 0.1) is 0 Å². The van der Waals surface area contributed by atoms with E-state index in [0.717, 1.165) is 5.69 Å². The second kappa shape index (κ2) is 10.1. The third-order valence-electron chi connectivity index (χ3n) is 5.63. The molecule has 184 valence electrons. The van der Waals surface area contributed by atoms with Crippen molar-refractivity contribution in [1.29, 1.82) is 0 Å². The quantitative estimate of drug-likeness (QED) is 0.391. The maximum atomic E-state index is 13.4. The molecule has 0 radical (unpaired) electrons. The van der Waals surface area contributed by atoms with Crippen molar-refractivity contribution in [3.05, 3.63) is 71.5 Å². The van der Waals surface area contributed by atoms with Crippen molar-refractivity contribution in [3.63, 3.8) is 0 Å². The fourth-order valence-corrected chi connectivity index (χ4v) is 3.82. The molecular weight excluding hydrogens is 452 g/mol. The van der Waals surface area contributed by atoms with Gasteiger partial charge in [-0.25, -0.2) is 14.6 Å². The summed E-state index contributed by atoms with van der Waals surface area (Å²) in [5, 5.41) is 13.3. The largest absolute Gasteiger partial charge is 0.507 e. The number of furan rings is 1. The predicted octanol–water partition coefficient (Wildman–Crippen LogP) is 4.52. The zero-order valence-corrected chi connectivity index (χ0v) is 19.9. The summed E-state index contributed by atoms with van der Waals surface area (Å²) in [6, 6.07) is 13.0. The number of hydrogen-bond acceptors (Lipinski definition) is 8. The number of benzene rings is 2. The van der Waals surface area contributed by atoms with Gasteiger partial charge in [0.1, 0.15) is 5.75 Å². The second-order valence-electron chi connectivity index (χ2n) is 9.12. The number of carbonyl (C=O) groups excluding carboxylic acids is 2. The van der Waals surface area contributed by atoms with E-state index in [1.54, 1.807) is 24.3 Å². The number of ether oxygens (including phenoxy) is 1. The first-order valence-electron chi connectivity index (χ1n) is 11.3. The van der Waals surface area contributed by atoms with E-state index in [4.69, 9.17) is 18.9 Å². The van der Waals surface area contributed by atoms with Gasteiger partial charge in [0.2, 0.25) is 0 Å². The zero-order valence-electron chi connectivity index (χ0n) is 19.9. The van der Waals surface area contributed by atoms with Gasteiger partial charge in [0, 0.05) is 24.8 Å². The van der Waals surface area contributed by atoms with Gasteiger partial charge in [0.05, 0.1) is 36.3 Å². The molecular formula is C26H28N2O7. The first-order valence-corrected chi connectivity index (χ1v) is 11.3. The highest BCUT2D eigenvalue weighted by molar-refractivity contribution is 6.10. The maximum Gasteiger partial charge on any atom is 0.388 e. The van der Waals surface area contributed by atoms with Crippen LogP contribution < -0.4 is 15.1 Å². The number of anilines is 2. The fraction of sp³-hybridized carbons (Fsp3) is 0.308.